The Hall–Kier alpha value is -0.693. The third-order valence-corrected chi connectivity index (χ3v) is 5.88. The summed E-state index contributed by atoms with van der Waals surface area (Å²) in [6, 6.07) is 0.630. The summed E-state index contributed by atoms with van der Waals surface area (Å²) in [6.45, 7) is 14.0. The van der Waals surface area contributed by atoms with Gasteiger partial charge in [0.2, 0.25) is 0 Å². The van der Waals surface area contributed by atoms with Crippen molar-refractivity contribution in [3.8, 4) is 0 Å². The van der Waals surface area contributed by atoms with E-state index in [1.165, 1.54) is 6.08 Å². The summed E-state index contributed by atoms with van der Waals surface area (Å²) in [5.74, 6) is -0.325. The molecule has 0 saturated carbocycles. The van der Waals surface area contributed by atoms with E-state index in [1.807, 2.05) is 41.5 Å². The van der Waals surface area contributed by atoms with E-state index in [9.17, 15) is 4.79 Å². The molecule has 5 nitrogen and oxygen atoms in total. The van der Waals surface area contributed by atoms with E-state index in [0.717, 1.165) is 0 Å². The van der Waals surface area contributed by atoms with Crippen LogP contribution in [0.2, 0.25) is 6.04 Å². The fraction of sp³-hybridized carbons (Fsp3) is 0.812. The topological polar surface area (TPSA) is 54.0 Å². The Morgan fingerprint density at radius 1 is 0.955 bits per heavy atom. The predicted molar refractivity (Wildman–Crippen MR) is 89.6 cm³/mol. The normalized spacial score (nSPS) is 12.8. The molecule has 0 aliphatic rings. The van der Waals surface area contributed by atoms with Crippen molar-refractivity contribution in [2.75, 3.05) is 6.61 Å². The van der Waals surface area contributed by atoms with Crippen molar-refractivity contribution in [3.05, 3.63) is 12.2 Å². The van der Waals surface area contributed by atoms with Crippen molar-refractivity contribution in [1.82, 2.24) is 0 Å². The van der Waals surface area contributed by atoms with E-state index in [2.05, 4.69) is 0 Å². The molecule has 0 amide bonds. The maximum Gasteiger partial charge on any atom is 0.501 e. The van der Waals surface area contributed by atoms with Crippen molar-refractivity contribution in [3.63, 3.8) is 0 Å². The van der Waals surface area contributed by atoms with Gasteiger partial charge in [-0.3, -0.25) is 0 Å². The van der Waals surface area contributed by atoms with E-state index < -0.39 is 8.80 Å². The minimum Gasteiger partial charge on any atom is -0.463 e. The molecule has 0 aromatic heterocycles. The highest BCUT2D eigenvalue weighted by Gasteiger charge is 2.43. The molecule has 6 heteroatoms. The smallest absolute Gasteiger partial charge is 0.463 e. The van der Waals surface area contributed by atoms with E-state index in [1.54, 1.807) is 13.0 Å². The summed E-state index contributed by atoms with van der Waals surface area (Å²) in [4.78, 5) is 11.3. The van der Waals surface area contributed by atoms with Gasteiger partial charge in [0.25, 0.3) is 0 Å². The standard InChI is InChI=1S/C16H32O5Si/c1-8-10-16(17)18-11-9-12-22(19-13(2)3,20-14(4)5)21-15(6)7/h8,10,13-15H,9,11-12H2,1-7H3. The molecule has 22 heavy (non-hydrogen) atoms. The number of hydrogen-bond donors (Lipinski definition) is 0. The SMILES string of the molecule is CC=CC(=O)OCCC[Si](OC(C)C)(OC(C)C)OC(C)C. The average molecular weight is 333 g/mol. The van der Waals surface area contributed by atoms with Crippen LogP contribution in [-0.4, -0.2) is 39.7 Å². The zero-order valence-corrected chi connectivity index (χ0v) is 16.0. The van der Waals surface area contributed by atoms with E-state index in [4.69, 9.17) is 18.0 Å². The van der Waals surface area contributed by atoms with Gasteiger partial charge in [0, 0.05) is 30.4 Å². The summed E-state index contributed by atoms with van der Waals surface area (Å²) >= 11 is 0. The molecule has 0 bridgehead atoms. The van der Waals surface area contributed by atoms with E-state index in [-0.39, 0.29) is 24.3 Å². The summed E-state index contributed by atoms with van der Waals surface area (Å²) in [6.07, 6.45) is 3.79. The second-order valence-corrected chi connectivity index (χ2v) is 8.53. The largest absolute Gasteiger partial charge is 0.501 e. The highest BCUT2D eigenvalue weighted by Crippen LogP contribution is 2.23. The lowest BCUT2D eigenvalue weighted by Gasteiger charge is -2.34. The molecule has 0 radical (unpaired) electrons. The summed E-state index contributed by atoms with van der Waals surface area (Å²) < 4.78 is 23.3. The van der Waals surface area contributed by atoms with Crippen LogP contribution in [0.4, 0.5) is 0 Å². The molecule has 0 unspecified atom stereocenters. The Morgan fingerprint density at radius 2 is 1.41 bits per heavy atom. The minimum atomic E-state index is -2.78. The van der Waals surface area contributed by atoms with Gasteiger partial charge < -0.3 is 18.0 Å². The number of rotatable bonds is 11. The molecular formula is C16H32O5Si. The monoisotopic (exact) mass is 332 g/mol. The highest BCUT2D eigenvalue weighted by atomic mass is 28.4. The number of carbonyl (C=O) groups is 1. The molecule has 0 heterocycles. The van der Waals surface area contributed by atoms with Crippen molar-refractivity contribution < 1.29 is 22.8 Å². The number of allylic oxidation sites excluding steroid dienone is 1. The van der Waals surface area contributed by atoms with Gasteiger partial charge >= 0.3 is 14.8 Å². The molecule has 0 aliphatic carbocycles. The van der Waals surface area contributed by atoms with Crippen LogP contribution in [0.3, 0.4) is 0 Å². The molecule has 0 aromatic carbocycles. The first-order valence-electron chi connectivity index (χ1n) is 8.03. The molecule has 0 saturated heterocycles. The first-order chi connectivity index (χ1) is 10.2. The predicted octanol–water partition coefficient (Wildman–Crippen LogP) is 3.71. The van der Waals surface area contributed by atoms with Crippen molar-refractivity contribution in [1.29, 1.82) is 0 Å². The molecular weight excluding hydrogens is 300 g/mol. The lowest BCUT2D eigenvalue weighted by molar-refractivity contribution is -0.137. The maximum absolute atomic E-state index is 11.3. The first kappa shape index (κ1) is 21.3. The second kappa shape index (κ2) is 10.9. The molecule has 0 spiro atoms. The number of ether oxygens (including phenoxy) is 1. The Labute approximate surface area is 136 Å². The van der Waals surface area contributed by atoms with Crippen molar-refractivity contribution in [2.45, 2.75) is 79.2 Å². The molecule has 130 valence electrons. The van der Waals surface area contributed by atoms with Gasteiger partial charge in [-0.1, -0.05) is 6.08 Å². The van der Waals surface area contributed by atoms with Gasteiger partial charge in [-0.2, -0.15) is 0 Å². The van der Waals surface area contributed by atoms with Crippen LogP contribution in [0.5, 0.6) is 0 Å². The summed E-state index contributed by atoms with van der Waals surface area (Å²) in [5, 5.41) is 0. The van der Waals surface area contributed by atoms with Crippen LogP contribution in [0.15, 0.2) is 12.2 Å². The van der Waals surface area contributed by atoms with E-state index >= 15 is 0 Å². The average Bonchev–Trinajstić information content (AvgIpc) is 2.32. The quantitative estimate of drug-likeness (QED) is 0.250. The lowest BCUT2D eigenvalue weighted by atomic mass is 10.5. The number of hydrogen-bond acceptors (Lipinski definition) is 5. The third-order valence-electron chi connectivity index (χ3n) is 2.42. The van der Waals surface area contributed by atoms with Crippen LogP contribution in [-0.2, 0) is 22.8 Å². The Balaban J connectivity index is 4.70. The summed E-state index contributed by atoms with van der Waals surface area (Å²) in [5.41, 5.74) is 0. The van der Waals surface area contributed by atoms with Gasteiger partial charge in [0.05, 0.1) is 6.61 Å². The molecule has 0 aromatic rings. The van der Waals surface area contributed by atoms with Gasteiger partial charge in [-0.05, 0) is 54.9 Å². The Kier molecular flexibility index (Phi) is 10.6. The molecule has 0 fully saturated rings. The van der Waals surface area contributed by atoms with Gasteiger partial charge in [-0.15, -0.1) is 0 Å². The maximum atomic E-state index is 11.3. The van der Waals surface area contributed by atoms with Crippen LogP contribution in [0, 0.1) is 0 Å². The first-order valence-corrected chi connectivity index (χ1v) is 9.97. The van der Waals surface area contributed by atoms with Crippen molar-refractivity contribution >= 4 is 14.8 Å². The summed E-state index contributed by atoms with van der Waals surface area (Å²) in [7, 11) is -2.78. The fourth-order valence-corrected chi connectivity index (χ4v) is 5.24. The van der Waals surface area contributed by atoms with Crippen LogP contribution in [0.1, 0.15) is 54.9 Å². The molecule has 0 rings (SSSR count). The Bertz CT molecular complexity index is 313. The third kappa shape index (κ3) is 10.1. The van der Waals surface area contributed by atoms with Gasteiger partial charge in [-0.25, -0.2) is 4.79 Å². The lowest BCUT2D eigenvalue weighted by Crippen LogP contribution is -2.50. The zero-order chi connectivity index (χ0) is 17.2. The molecule has 0 N–H and O–H groups in total. The van der Waals surface area contributed by atoms with Crippen LogP contribution in [0.25, 0.3) is 0 Å². The van der Waals surface area contributed by atoms with Gasteiger partial charge in [0.15, 0.2) is 0 Å². The van der Waals surface area contributed by atoms with E-state index in [0.29, 0.717) is 19.1 Å². The zero-order valence-electron chi connectivity index (χ0n) is 15.0. The fourth-order valence-electron chi connectivity index (χ4n) is 1.98. The highest BCUT2D eigenvalue weighted by molar-refractivity contribution is 6.60. The number of esters is 1. The molecule has 0 atom stereocenters. The minimum absolute atomic E-state index is 0.0229. The van der Waals surface area contributed by atoms with Crippen LogP contribution < -0.4 is 0 Å². The molecule has 0 aliphatic heterocycles. The van der Waals surface area contributed by atoms with Crippen LogP contribution >= 0.6 is 0 Å². The van der Waals surface area contributed by atoms with Crippen molar-refractivity contribution in [2.24, 2.45) is 0 Å². The second-order valence-electron chi connectivity index (χ2n) is 5.95. The Morgan fingerprint density at radius 3 is 1.77 bits per heavy atom. The van der Waals surface area contributed by atoms with Gasteiger partial charge in [0.1, 0.15) is 0 Å². The number of carbonyl (C=O) groups excluding carboxylic acids is 1.